The Balaban J connectivity index is 1.45. The van der Waals surface area contributed by atoms with Crippen LogP contribution in [0.25, 0.3) is 0 Å². The van der Waals surface area contributed by atoms with Crippen molar-refractivity contribution in [2.24, 2.45) is 0 Å². The molecule has 4 rings (SSSR count). The molecular weight excluding hydrogens is 555 g/mol. The summed E-state index contributed by atoms with van der Waals surface area (Å²) in [5.74, 6) is -0.616. The first-order valence-corrected chi connectivity index (χ1v) is 14.7. The van der Waals surface area contributed by atoms with Crippen LogP contribution in [0.3, 0.4) is 0 Å². The van der Waals surface area contributed by atoms with Gasteiger partial charge in [-0.05, 0) is 60.4 Å². The van der Waals surface area contributed by atoms with Crippen molar-refractivity contribution in [3.63, 3.8) is 0 Å². The van der Waals surface area contributed by atoms with Gasteiger partial charge in [0.05, 0.1) is 10.8 Å². The maximum absolute atomic E-state index is 13.1. The molecule has 214 valence electrons. The van der Waals surface area contributed by atoms with E-state index in [1.165, 1.54) is 6.07 Å². The van der Waals surface area contributed by atoms with Crippen LogP contribution in [0.15, 0.2) is 41.3 Å². The van der Waals surface area contributed by atoms with E-state index in [9.17, 15) is 22.2 Å². The zero-order valence-corrected chi connectivity index (χ0v) is 23.3. The van der Waals surface area contributed by atoms with Crippen LogP contribution in [0.4, 0.5) is 13.2 Å². The van der Waals surface area contributed by atoms with Gasteiger partial charge in [0.25, 0.3) is 5.91 Å². The summed E-state index contributed by atoms with van der Waals surface area (Å²) in [6, 6.07) is 9.41. The lowest BCUT2D eigenvalue weighted by Crippen LogP contribution is -2.51. The average molecular weight is 588 g/mol. The third kappa shape index (κ3) is 8.65. The van der Waals surface area contributed by atoms with Gasteiger partial charge in [-0.1, -0.05) is 18.5 Å². The van der Waals surface area contributed by atoms with Crippen molar-refractivity contribution in [3.05, 3.63) is 58.1 Å². The van der Waals surface area contributed by atoms with Gasteiger partial charge in [0.15, 0.2) is 0 Å². The molecule has 2 saturated heterocycles. The Hall–Kier alpha value is -2.18. The van der Waals surface area contributed by atoms with Crippen molar-refractivity contribution in [1.29, 1.82) is 0 Å². The van der Waals surface area contributed by atoms with Crippen LogP contribution in [0, 0.1) is 0 Å². The summed E-state index contributed by atoms with van der Waals surface area (Å²) in [4.78, 5) is 18.2. The second-order valence-electron chi connectivity index (χ2n) is 9.64. The number of nitrogens with one attached hydrogen (secondary N) is 1. The molecule has 7 nitrogen and oxygen atoms in total. The topological polar surface area (TPSA) is 71.1 Å². The zero-order valence-electron chi connectivity index (χ0n) is 21.8. The molecule has 0 radical (unpaired) electrons. The summed E-state index contributed by atoms with van der Waals surface area (Å²) >= 11 is 6.10. The van der Waals surface area contributed by atoms with Crippen LogP contribution >= 0.6 is 11.6 Å². The Morgan fingerprint density at radius 3 is 2.51 bits per heavy atom. The molecule has 0 aromatic heterocycles. The molecule has 2 aliphatic rings. The van der Waals surface area contributed by atoms with Gasteiger partial charge in [-0.2, -0.15) is 0 Å². The molecule has 2 aliphatic heterocycles. The number of rotatable bonds is 9. The number of alkyl halides is 3. The minimum Gasteiger partial charge on any atom is -0.406 e. The highest BCUT2D eigenvalue weighted by Crippen LogP contribution is 2.27. The van der Waals surface area contributed by atoms with Gasteiger partial charge >= 0.3 is 6.36 Å². The van der Waals surface area contributed by atoms with E-state index in [0.29, 0.717) is 39.4 Å². The van der Waals surface area contributed by atoms with Crippen molar-refractivity contribution in [3.8, 4) is 5.75 Å². The number of ether oxygens (including phenoxy) is 2. The molecule has 1 amide bonds. The molecule has 0 spiro atoms. The van der Waals surface area contributed by atoms with Crippen LogP contribution in [0.1, 0.15) is 41.3 Å². The van der Waals surface area contributed by atoms with Gasteiger partial charge in [-0.3, -0.25) is 18.8 Å². The average Bonchev–Trinajstić information content (AvgIpc) is 2.91. The van der Waals surface area contributed by atoms with Crippen molar-refractivity contribution < 1.29 is 31.6 Å². The monoisotopic (exact) mass is 587 g/mol. The maximum Gasteiger partial charge on any atom is 0.573 e. The summed E-state index contributed by atoms with van der Waals surface area (Å²) in [5.41, 5.74) is 1.19. The van der Waals surface area contributed by atoms with Gasteiger partial charge in [-0.15, -0.1) is 13.2 Å². The number of amides is 1. The zero-order chi connectivity index (χ0) is 28.0. The van der Waals surface area contributed by atoms with E-state index in [4.69, 9.17) is 16.3 Å². The number of halogens is 4. The second-order valence-corrected chi connectivity index (χ2v) is 11.8. The number of carbonyl (C=O) groups is 1. The van der Waals surface area contributed by atoms with Gasteiger partial charge in [-0.25, -0.2) is 0 Å². The van der Waals surface area contributed by atoms with E-state index in [1.54, 1.807) is 31.2 Å². The molecule has 2 heterocycles. The van der Waals surface area contributed by atoms with Crippen LogP contribution in [0.2, 0.25) is 5.02 Å². The Morgan fingerprint density at radius 1 is 1.13 bits per heavy atom. The quantitative estimate of drug-likeness (QED) is 0.463. The summed E-state index contributed by atoms with van der Waals surface area (Å²) in [6.45, 7) is 7.04. The Kier molecular flexibility index (Phi) is 10.3. The highest BCUT2D eigenvalue weighted by atomic mass is 35.5. The lowest BCUT2D eigenvalue weighted by molar-refractivity contribution is -0.274. The minimum atomic E-state index is -4.89. The van der Waals surface area contributed by atoms with Crippen LogP contribution in [-0.2, 0) is 28.6 Å². The lowest BCUT2D eigenvalue weighted by Gasteiger charge is -2.40. The van der Waals surface area contributed by atoms with Crippen molar-refractivity contribution in [2.45, 2.75) is 50.2 Å². The van der Waals surface area contributed by atoms with E-state index >= 15 is 0 Å². The molecule has 1 N–H and O–H groups in total. The van der Waals surface area contributed by atoms with Crippen LogP contribution < -0.4 is 10.1 Å². The molecule has 1 atom stereocenters. The first-order chi connectivity index (χ1) is 18.6. The second kappa shape index (κ2) is 13.5. The van der Waals surface area contributed by atoms with E-state index in [2.05, 4.69) is 19.9 Å². The highest BCUT2D eigenvalue weighted by molar-refractivity contribution is 7.85. The maximum atomic E-state index is 13.1. The van der Waals surface area contributed by atoms with E-state index in [1.807, 2.05) is 0 Å². The summed E-state index contributed by atoms with van der Waals surface area (Å²) in [6.07, 6.45) is -2.86. The molecule has 2 aromatic carbocycles. The summed E-state index contributed by atoms with van der Waals surface area (Å²) in [7, 11) is -1.27. The van der Waals surface area contributed by atoms with Crippen LogP contribution in [-0.4, -0.2) is 77.5 Å². The molecule has 0 saturated carbocycles. The van der Waals surface area contributed by atoms with Gasteiger partial charge in [0, 0.05) is 79.8 Å². The number of piperazine rings is 1. The molecule has 0 aliphatic carbocycles. The van der Waals surface area contributed by atoms with E-state index in [0.717, 1.165) is 58.3 Å². The minimum absolute atomic E-state index is 0.0221. The van der Waals surface area contributed by atoms with Crippen LogP contribution in [0.5, 0.6) is 5.75 Å². The highest BCUT2D eigenvalue weighted by Gasteiger charge is 2.32. The smallest absolute Gasteiger partial charge is 0.406 e. The third-order valence-corrected chi connectivity index (χ3v) is 8.60. The largest absolute Gasteiger partial charge is 0.573 e. The standard InChI is InChI=1S/C27H33ClF3N3O4S/c1-2-39(36)25-4-3-22(28)15-21(25)17-32-26(35)20-13-19(14-24(16-20)38-27(29,30)31)18-33-7-9-34(10-8-33)23-5-11-37-12-6-23/h3-4,13-16,23H,2,5-12,17-18H2,1H3,(H,32,35). The lowest BCUT2D eigenvalue weighted by atomic mass is 10.1. The predicted octanol–water partition coefficient (Wildman–Crippen LogP) is 4.59. The third-order valence-electron chi connectivity index (χ3n) is 6.95. The fraction of sp³-hybridized carbons (Fsp3) is 0.519. The predicted molar refractivity (Wildman–Crippen MR) is 143 cm³/mol. The van der Waals surface area contributed by atoms with Gasteiger partial charge in [0.2, 0.25) is 0 Å². The Morgan fingerprint density at radius 2 is 1.85 bits per heavy atom. The number of hydrogen-bond donors (Lipinski definition) is 1. The van der Waals surface area contributed by atoms with Crippen molar-refractivity contribution in [2.75, 3.05) is 45.1 Å². The molecule has 12 heteroatoms. The number of carbonyl (C=O) groups excluding carboxylic acids is 1. The fourth-order valence-electron chi connectivity index (χ4n) is 5.01. The van der Waals surface area contributed by atoms with Gasteiger partial charge < -0.3 is 14.8 Å². The molecule has 2 aromatic rings. The number of nitrogens with zero attached hydrogens (tertiary/aromatic N) is 2. The van der Waals surface area contributed by atoms with E-state index < -0.39 is 28.8 Å². The normalized spacial score (nSPS) is 18.6. The van der Waals surface area contributed by atoms with E-state index in [-0.39, 0.29) is 12.1 Å². The molecule has 39 heavy (non-hydrogen) atoms. The number of benzene rings is 2. The number of hydrogen-bond acceptors (Lipinski definition) is 6. The molecular formula is C27H33ClF3N3O4S. The fourth-order valence-corrected chi connectivity index (χ4v) is 6.16. The first-order valence-electron chi connectivity index (χ1n) is 13.0. The Labute approximate surface area is 234 Å². The van der Waals surface area contributed by atoms with Crippen molar-refractivity contribution >= 4 is 28.3 Å². The first kappa shape index (κ1) is 29.8. The molecule has 0 bridgehead atoms. The molecule has 2 fully saturated rings. The molecule has 1 unspecified atom stereocenters. The SMILES string of the molecule is CCS(=O)c1ccc(Cl)cc1CNC(=O)c1cc(CN2CCN(C3CCOCC3)CC2)cc(OC(F)(F)F)c1. The van der Waals surface area contributed by atoms with Gasteiger partial charge in [0.1, 0.15) is 5.75 Å². The summed E-state index contributed by atoms with van der Waals surface area (Å²) in [5, 5.41) is 3.15. The summed E-state index contributed by atoms with van der Waals surface area (Å²) < 4.78 is 61.2. The van der Waals surface area contributed by atoms with Crippen molar-refractivity contribution in [1.82, 2.24) is 15.1 Å². The Bertz CT molecular complexity index is 1170.